The molecule has 1 aromatic heterocycles. The van der Waals surface area contributed by atoms with Crippen LogP contribution in [-0.4, -0.2) is 31.6 Å². The van der Waals surface area contributed by atoms with Crippen molar-refractivity contribution < 1.29 is 9.15 Å². The lowest BCUT2D eigenvalue weighted by Crippen LogP contribution is -2.31. The molecule has 0 aliphatic carbocycles. The van der Waals surface area contributed by atoms with E-state index in [0.29, 0.717) is 0 Å². The van der Waals surface area contributed by atoms with Crippen LogP contribution >= 0.6 is 0 Å². The van der Waals surface area contributed by atoms with E-state index >= 15 is 0 Å². The largest absolute Gasteiger partial charge is 0.497 e. The van der Waals surface area contributed by atoms with Crippen molar-refractivity contribution in [2.45, 2.75) is 25.8 Å². The minimum atomic E-state index is 0.781. The number of ether oxygens (including phenoxy) is 1. The molecule has 0 amide bonds. The van der Waals surface area contributed by atoms with E-state index in [2.05, 4.69) is 11.0 Å². The Balaban J connectivity index is 1.79. The number of fused-ring (bicyclic) bond motifs is 3. The molecule has 0 unspecified atom stereocenters. The predicted molar refractivity (Wildman–Crippen MR) is 80.0 cm³/mol. The van der Waals surface area contributed by atoms with Crippen molar-refractivity contribution in [3.8, 4) is 5.75 Å². The molecule has 1 aromatic carbocycles. The summed E-state index contributed by atoms with van der Waals surface area (Å²) in [5.41, 5.74) is 7.87. The summed E-state index contributed by atoms with van der Waals surface area (Å²) in [6, 6.07) is 6.10. The van der Waals surface area contributed by atoms with E-state index in [-0.39, 0.29) is 0 Å². The number of hydrogen-bond acceptors (Lipinski definition) is 4. The molecule has 108 valence electrons. The summed E-state index contributed by atoms with van der Waals surface area (Å²) in [6.07, 6.45) is 3.33. The van der Waals surface area contributed by atoms with Crippen molar-refractivity contribution >= 4 is 11.0 Å². The Hall–Kier alpha value is -1.52. The Bertz CT molecular complexity index is 591. The molecule has 0 atom stereocenters. The van der Waals surface area contributed by atoms with E-state index in [9.17, 15) is 0 Å². The summed E-state index contributed by atoms with van der Waals surface area (Å²) < 4.78 is 11.3. The molecule has 2 aromatic rings. The Morgan fingerprint density at radius 2 is 2.25 bits per heavy atom. The first-order valence-corrected chi connectivity index (χ1v) is 7.32. The average molecular weight is 274 g/mol. The van der Waals surface area contributed by atoms with Crippen molar-refractivity contribution in [1.82, 2.24) is 4.90 Å². The van der Waals surface area contributed by atoms with Gasteiger partial charge >= 0.3 is 0 Å². The molecule has 1 aliphatic heterocycles. The molecule has 2 N–H and O–H groups in total. The van der Waals surface area contributed by atoms with E-state index in [0.717, 1.165) is 56.1 Å². The van der Waals surface area contributed by atoms with E-state index in [1.807, 2.05) is 12.1 Å². The van der Waals surface area contributed by atoms with E-state index < -0.39 is 0 Å². The lowest BCUT2D eigenvalue weighted by Gasteiger charge is -2.25. The zero-order chi connectivity index (χ0) is 13.9. The molecule has 3 rings (SSSR count). The van der Waals surface area contributed by atoms with Crippen LogP contribution in [0.5, 0.6) is 5.75 Å². The van der Waals surface area contributed by atoms with Gasteiger partial charge in [-0.15, -0.1) is 0 Å². The van der Waals surface area contributed by atoms with Crippen LogP contribution in [0.1, 0.15) is 24.2 Å². The number of nitrogens with zero attached hydrogens (tertiary/aromatic N) is 1. The summed E-state index contributed by atoms with van der Waals surface area (Å²) in [4.78, 5) is 2.46. The van der Waals surface area contributed by atoms with Gasteiger partial charge in [0.05, 0.1) is 13.7 Å². The van der Waals surface area contributed by atoms with Crippen LogP contribution < -0.4 is 10.5 Å². The minimum Gasteiger partial charge on any atom is -0.497 e. The molecule has 20 heavy (non-hydrogen) atoms. The molecule has 0 fully saturated rings. The van der Waals surface area contributed by atoms with Gasteiger partial charge in [-0.25, -0.2) is 0 Å². The lowest BCUT2D eigenvalue weighted by molar-refractivity contribution is 0.228. The van der Waals surface area contributed by atoms with Crippen LogP contribution in [0.4, 0.5) is 0 Å². The van der Waals surface area contributed by atoms with Gasteiger partial charge in [-0.2, -0.15) is 0 Å². The summed E-state index contributed by atoms with van der Waals surface area (Å²) in [7, 11) is 1.68. The summed E-state index contributed by atoms with van der Waals surface area (Å²) >= 11 is 0. The van der Waals surface area contributed by atoms with Gasteiger partial charge < -0.3 is 14.9 Å². The van der Waals surface area contributed by atoms with Crippen molar-refractivity contribution in [2.24, 2.45) is 5.73 Å². The fourth-order valence-corrected chi connectivity index (χ4v) is 2.93. The second-order valence-electron chi connectivity index (χ2n) is 5.39. The molecule has 0 bridgehead atoms. The third-order valence-electron chi connectivity index (χ3n) is 4.06. The fraction of sp³-hybridized carbons (Fsp3) is 0.500. The van der Waals surface area contributed by atoms with Gasteiger partial charge in [0.1, 0.15) is 17.1 Å². The number of benzene rings is 1. The predicted octanol–water partition coefficient (Wildman–Crippen LogP) is 2.54. The summed E-state index contributed by atoms with van der Waals surface area (Å²) in [5, 5.41) is 1.24. The van der Waals surface area contributed by atoms with Crippen LogP contribution in [-0.2, 0) is 13.0 Å². The van der Waals surface area contributed by atoms with Crippen LogP contribution in [0.15, 0.2) is 22.6 Å². The maximum absolute atomic E-state index is 6.02. The first-order chi connectivity index (χ1) is 9.81. The highest BCUT2D eigenvalue weighted by Gasteiger charge is 2.22. The van der Waals surface area contributed by atoms with E-state index in [4.69, 9.17) is 14.9 Å². The third kappa shape index (κ3) is 2.53. The number of unbranched alkanes of at least 4 members (excludes halogenated alkanes) is 1. The van der Waals surface area contributed by atoms with Crippen molar-refractivity contribution in [3.63, 3.8) is 0 Å². The summed E-state index contributed by atoms with van der Waals surface area (Å²) in [6.45, 7) is 3.91. The van der Waals surface area contributed by atoms with Crippen LogP contribution in [0.25, 0.3) is 11.0 Å². The number of nitrogens with two attached hydrogens (primary N) is 1. The molecule has 0 saturated heterocycles. The lowest BCUT2D eigenvalue weighted by atomic mass is 10.0. The number of furan rings is 1. The molecule has 2 heterocycles. The molecule has 0 spiro atoms. The van der Waals surface area contributed by atoms with Gasteiger partial charge in [0.15, 0.2) is 0 Å². The Morgan fingerprint density at radius 1 is 1.35 bits per heavy atom. The van der Waals surface area contributed by atoms with Gasteiger partial charge in [0.25, 0.3) is 0 Å². The molecular weight excluding hydrogens is 252 g/mol. The van der Waals surface area contributed by atoms with Crippen molar-refractivity contribution in [1.29, 1.82) is 0 Å². The van der Waals surface area contributed by atoms with E-state index in [1.54, 1.807) is 7.11 Å². The van der Waals surface area contributed by atoms with Crippen LogP contribution in [0.3, 0.4) is 0 Å². The smallest absolute Gasteiger partial charge is 0.138 e. The number of methoxy groups -OCH3 is 1. The molecule has 0 saturated carbocycles. The van der Waals surface area contributed by atoms with Crippen LogP contribution in [0, 0.1) is 0 Å². The van der Waals surface area contributed by atoms with Gasteiger partial charge in [0.2, 0.25) is 0 Å². The van der Waals surface area contributed by atoms with Crippen molar-refractivity contribution in [3.05, 3.63) is 29.5 Å². The normalized spacial score (nSPS) is 15.5. The maximum atomic E-state index is 6.02. The average Bonchev–Trinajstić information content (AvgIpc) is 2.84. The standard InChI is InChI=1S/C16H22N2O2/c1-19-12-4-5-13-14-6-9-18(8-3-2-7-17)11-16(14)20-15(13)10-12/h4-5,10H,2-3,6-9,11,17H2,1H3. The first kappa shape index (κ1) is 13.5. The van der Waals surface area contributed by atoms with Gasteiger partial charge in [0, 0.05) is 23.6 Å². The quantitative estimate of drug-likeness (QED) is 0.851. The minimum absolute atomic E-state index is 0.781. The molecule has 4 nitrogen and oxygen atoms in total. The number of hydrogen-bond donors (Lipinski definition) is 1. The van der Waals surface area contributed by atoms with Crippen molar-refractivity contribution in [2.75, 3.05) is 26.7 Å². The monoisotopic (exact) mass is 274 g/mol. The Kier molecular flexibility index (Phi) is 3.94. The molecular formula is C16H22N2O2. The maximum Gasteiger partial charge on any atom is 0.138 e. The fourth-order valence-electron chi connectivity index (χ4n) is 2.93. The zero-order valence-corrected chi connectivity index (χ0v) is 12.0. The number of rotatable bonds is 5. The Labute approximate surface area is 119 Å². The second kappa shape index (κ2) is 5.85. The highest BCUT2D eigenvalue weighted by Crippen LogP contribution is 2.32. The molecule has 4 heteroatoms. The van der Waals surface area contributed by atoms with Gasteiger partial charge in [-0.3, -0.25) is 4.90 Å². The third-order valence-corrected chi connectivity index (χ3v) is 4.06. The second-order valence-corrected chi connectivity index (χ2v) is 5.39. The zero-order valence-electron chi connectivity index (χ0n) is 12.0. The molecule has 0 radical (unpaired) electrons. The van der Waals surface area contributed by atoms with Crippen LogP contribution in [0.2, 0.25) is 0 Å². The summed E-state index contributed by atoms with van der Waals surface area (Å²) in [5.74, 6) is 1.97. The highest BCUT2D eigenvalue weighted by atomic mass is 16.5. The highest BCUT2D eigenvalue weighted by molar-refractivity contribution is 5.83. The SMILES string of the molecule is COc1ccc2c3c(oc2c1)CN(CCCCN)CC3. The van der Waals surface area contributed by atoms with Gasteiger partial charge in [-0.1, -0.05) is 0 Å². The first-order valence-electron chi connectivity index (χ1n) is 7.32. The van der Waals surface area contributed by atoms with Gasteiger partial charge in [-0.05, 0) is 44.5 Å². The topological polar surface area (TPSA) is 51.6 Å². The Morgan fingerprint density at radius 3 is 3.05 bits per heavy atom. The molecule has 1 aliphatic rings. The van der Waals surface area contributed by atoms with E-state index in [1.165, 1.54) is 17.4 Å².